The zero-order chi connectivity index (χ0) is 11.8. The summed E-state index contributed by atoms with van der Waals surface area (Å²) in [4.78, 5) is 14.6. The molecule has 0 bridgehead atoms. The van der Waals surface area contributed by atoms with Crippen molar-refractivity contribution < 1.29 is 18.0 Å². The second-order valence-corrected chi connectivity index (χ2v) is 3.67. The molecule has 86 valence electrons. The Balaban J connectivity index is 2.12. The monoisotopic (exact) mass is 230 g/mol. The molecule has 0 aromatic carbocycles. The van der Waals surface area contributed by atoms with Crippen LogP contribution in [0.3, 0.4) is 0 Å². The number of aromatic nitrogens is 1. The van der Waals surface area contributed by atoms with Gasteiger partial charge in [0.25, 0.3) is 0 Å². The fourth-order valence-electron chi connectivity index (χ4n) is 1.24. The van der Waals surface area contributed by atoms with Crippen molar-refractivity contribution in [3.8, 4) is 0 Å². The van der Waals surface area contributed by atoms with Crippen LogP contribution in [0.15, 0.2) is 18.2 Å². The van der Waals surface area contributed by atoms with Crippen molar-refractivity contribution in [3.05, 3.63) is 23.9 Å². The van der Waals surface area contributed by atoms with Crippen LogP contribution in [0.4, 0.5) is 19.0 Å². The van der Waals surface area contributed by atoms with Gasteiger partial charge < -0.3 is 5.32 Å². The summed E-state index contributed by atoms with van der Waals surface area (Å²) < 4.78 is 36.9. The molecule has 0 spiro atoms. The molecule has 16 heavy (non-hydrogen) atoms. The minimum absolute atomic E-state index is 0.0493. The fourth-order valence-corrected chi connectivity index (χ4v) is 1.24. The van der Waals surface area contributed by atoms with Crippen LogP contribution in [-0.2, 0) is 11.0 Å². The van der Waals surface area contributed by atoms with E-state index in [0.29, 0.717) is 0 Å². The number of hydrogen-bond acceptors (Lipinski definition) is 2. The smallest absolute Gasteiger partial charge is 0.310 e. The molecule has 0 unspecified atom stereocenters. The predicted octanol–water partition coefficient (Wildman–Crippen LogP) is 2.45. The van der Waals surface area contributed by atoms with Crippen LogP contribution < -0.4 is 5.32 Å². The molecule has 3 nitrogen and oxygen atoms in total. The van der Waals surface area contributed by atoms with Gasteiger partial charge in [-0.25, -0.2) is 4.98 Å². The third kappa shape index (κ3) is 2.50. The summed E-state index contributed by atoms with van der Waals surface area (Å²) in [5, 5.41) is 2.37. The Labute approximate surface area is 89.7 Å². The van der Waals surface area contributed by atoms with E-state index in [-0.39, 0.29) is 17.6 Å². The number of carbonyl (C=O) groups excluding carboxylic acids is 1. The van der Waals surface area contributed by atoms with Gasteiger partial charge in [-0.1, -0.05) is 6.07 Å². The highest BCUT2D eigenvalue weighted by Gasteiger charge is 2.33. The summed E-state index contributed by atoms with van der Waals surface area (Å²) in [5.74, 6) is -0.366. The van der Waals surface area contributed by atoms with Gasteiger partial charge in [0.1, 0.15) is 11.5 Å². The van der Waals surface area contributed by atoms with Crippen molar-refractivity contribution in [1.29, 1.82) is 0 Å². The van der Waals surface area contributed by atoms with E-state index in [9.17, 15) is 18.0 Å². The zero-order valence-electron chi connectivity index (χ0n) is 8.21. The molecule has 0 saturated heterocycles. The molecule has 0 radical (unpaired) electrons. The number of carbonyl (C=O) groups is 1. The maximum absolute atomic E-state index is 12.3. The summed E-state index contributed by atoms with van der Waals surface area (Å²) in [6, 6.07) is 3.43. The standard InChI is InChI=1S/C10H9F3N2O/c11-10(12,13)7-2-1-3-8(14-7)15-9(16)6-4-5-6/h1-3,6H,4-5H2,(H,14,15,16). The third-order valence-corrected chi connectivity index (χ3v) is 2.24. The first kappa shape index (κ1) is 10.9. The first-order valence-corrected chi connectivity index (χ1v) is 4.82. The fraction of sp³-hybridized carbons (Fsp3) is 0.400. The van der Waals surface area contributed by atoms with E-state index in [4.69, 9.17) is 0 Å². The molecule has 0 aliphatic heterocycles. The van der Waals surface area contributed by atoms with E-state index in [2.05, 4.69) is 10.3 Å². The van der Waals surface area contributed by atoms with Gasteiger partial charge in [0, 0.05) is 5.92 Å². The maximum atomic E-state index is 12.3. The van der Waals surface area contributed by atoms with Gasteiger partial charge in [-0.15, -0.1) is 0 Å². The Kier molecular flexibility index (Phi) is 2.57. The van der Waals surface area contributed by atoms with Crippen LogP contribution >= 0.6 is 0 Å². The Bertz CT molecular complexity index is 413. The van der Waals surface area contributed by atoms with Gasteiger partial charge in [0.05, 0.1) is 0 Å². The number of alkyl halides is 3. The van der Waals surface area contributed by atoms with Gasteiger partial charge in [0.2, 0.25) is 5.91 Å². The van der Waals surface area contributed by atoms with E-state index < -0.39 is 11.9 Å². The summed E-state index contributed by atoms with van der Waals surface area (Å²) in [6.45, 7) is 0. The van der Waals surface area contributed by atoms with Gasteiger partial charge >= 0.3 is 6.18 Å². The summed E-state index contributed by atoms with van der Waals surface area (Å²) in [7, 11) is 0. The SMILES string of the molecule is O=C(Nc1cccc(C(F)(F)F)n1)C1CC1. The van der Waals surface area contributed by atoms with Crippen LogP contribution in [0.2, 0.25) is 0 Å². The van der Waals surface area contributed by atoms with Crippen molar-refractivity contribution in [1.82, 2.24) is 4.98 Å². The van der Waals surface area contributed by atoms with Crippen molar-refractivity contribution >= 4 is 11.7 Å². The lowest BCUT2D eigenvalue weighted by Gasteiger charge is -2.08. The molecule has 1 saturated carbocycles. The van der Waals surface area contributed by atoms with E-state index in [1.54, 1.807) is 0 Å². The van der Waals surface area contributed by atoms with Crippen LogP contribution in [0, 0.1) is 5.92 Å². The molecule has 1 N–H and O–H groups in total. The lowest BCUT2D eigenvalue weighted by atomic mass is 10.3. The van der Waals surface area contributed by atoms with Crippen LogP contribution in [0.5, 0.6) is 0 Å². The van der Waals surface area contributed by atoms with Crippen molar-refractivity contribution in [2.45, 2.75) is 19.0 Å². The van der Waals surface area contributed by atoms with Gasteiger partial charge in [-0.2, -0.15) is 13.2 Å². The van der Waals surface area contributed by atoms with Crippen molar-refractivity contribution in [3.63, 3.8) is 0 Å². The second kappa shape index (κ2) is 3.77. The number of rotatable bonds is 2. The highest BCUT2D eigenvalue weighted by Crippen LogP contribution is 2.31. The van der Waals surface area contributed by atoms with E-state index in [0.717, 1.165) is 18.9 Å². The number of amides is 1. The van der Waals surface area contributed by atoms with Crippen molar-refractivity contribution in [2.75, 3.05) is 5.32 Å². The van der Waals surface area contributed by atoms with E-state index >= 15 is 0 Å². The minimum atomic E-state index is -4.49. The molecule has 1 fully saturated rings. The molecule has 2 rings (SSSR count). The van der Waals surface area contributed by atoms with Gasteiger partial charge in [0.15, 0.2) is 0 Å². The average Bonchev–Trinajstić information content (AvgIpc) is 2.99. The highest BCUT2D eigenvalue weighted by molar-refractivity contribution is 5.93. The lowest BCUT2D eigenvalue weighted by Crippen LogP contribution is -2.16. The zero-order valence-corrected chi connectivity index (χ0v) is 8.21. The predicted molar refractivity (Wildman–Crippen MR) is 50.6 cm³/mol. The number of anilines is 1. The molecule has 1 heterocycles. The molecule has 1 amide bonds. The maximum Gasteiger partial charge on any atom is 0.433 e. The summed E-state index contributed by atoms with van der Waals surface area (Å²) in [6.07, 6.45) is -2.89. The molecular formula is C10H9F3N2O. The first-order chi connectivity index (χ1) is 7.47. The Hall–Kier alpha value is -1.59. The quantitative estimate of drug-likeness (QED) is 0.847. The summed E-state index contributed by atoms with van der Waals surface area (Å²) >= 11 is 0. The topological polar surface area (TPSA) is 42.0 Å². The normalized spacial score (nSPS) is 15.9. The second-order valence-electron chi connectivity index (χ2n) is 3.67. The first-order valence-electron chi connectivity index (χ1n) is 4.82. The highest BCUT2D eigenvalue weighted by atomic mass is 19.4. The van der Waals surface area contributed by atoms with Crippen LogP contribution in [-0.4, -0.2) is 10.9 Å². The Morgan fingerprint density at radius 2 is 2.06 bits per heavy atom. The minimum Gasteiger partial charge on any atom is -0.310 e. The van der Waals surface area contributed by atoms with Crippen LogP contribution in [0.25, 0.3) is 0 Å². The van der Waals surface area contributed by atoms with E-state index in [1.165, 1.54) is 12.1 Å². The Morgan fingerprint density at radius 1 is 1.38 bits per heavy atom. The molecule has 1 aromatic heterocycles. The number of halogens is 3. The molecular weight excluding hydrogens is 221 g/mol. The number of hydrogen-bond donors (Lipinski definition) is 1. The molecule has 1 aromatic rings. The average molecular weight is 230 g/mol. The number of pyridine rings is 1. The molecule has 1 aliphatic rings. The number of nitrogens with zero attached hydrogens (tertiary/aromatic N) is 1. The number of nitrogens with one attached hydrogen (secondary N) is 1. The summed E-state index contributed by atoms with van der Waals surface area (Å²) in [5.41, 5.74) is -0.999. The van der Waals surface area contributed by atoms with E-state index in [1.807, 2.05) is 0 Å². The third-order valence-electron chi connectivity index (χ3n) is 2.24. The molecule has 6 heteroatoms. The van der Waals surface area contributed by atoms with Gasteiger partial charge in [-0.05, 0) is 25.0 Å². The molecule has 1 aliphatic carbocycles. The lowest BCUT2D eigenvalue weighted by molar-refractivity contribution is -0.141. The van der Waals surface area contributed by atoms with Crippen molar-refractivity contribution in [2.24, 2.45) is 5.92 Å². The largest absolute Gasteiger partial charge is 0.433 e. The Morgan fingerprint density at radius 3 is 2.62 bits per heavy atom. The molecule has 0 atom stereocenters. The van der Waals surface area contributed by atoms with Crippen LogP contribution in [0.1, 0.15) is 18.5 Å². The van der Waals surface area contributed by atoms with Gasteiger partial charge in [-0.3, -0.25) is 4.79 Å².